The fourth-order valence-corrected chi connectivity index (χ4v) is 8.26. The van der Waals surface area contributed by atoms with Crippen LogP contribution >= 0.6 is 0 Å². The predicted molar refractivity (Wildman–Crippen MR) is 143 cm³/mol. The van der Waals surface area contributed by atoms with Crippen molar-refractivity contribution in [1.29, 1.82) is 0 Å². The molecule has 222 valence electrons. The lowest BCUT2D eigenvalue weighted by Crippen LogP contribution is -2.44. The van der Waals surface area contributed by atoms with E-state index in [0.717, 1.165) is 6.42 Å². The third kappa shape index (κ3) is 4.01. The van der Waals surface area contributed by atoms with E-state index in [1.165, 1.54) is 13.8 Å². The molecule has 5 rings (SSSR count). The Balaban J connectivity index is 1.64. The van der Waals surface area contributed by atoms with Gasteiger partial charge in [0.1, 0.15) is 24.4 Å². The van der Waals surface area contributed by atoms with Crippen molar-refractivity contribution in [2.45, 2.75) is 111 Å². The molecular formula is C31H44O9. The molecule has 0 aromatic carbocycles. The summed E-state index contributed by atoms with van der Waals surface area (Å²) in [5.41, 5.74) is -2.72. The number of epoxide rings is 1. The number of hydrogen-bond donors (Lipinski definition) is 0. The first-order valence-corrected chi connectivity index (χ1v) is 14.5. The molecule has 1 saturated heterocycles. The Labute approximate surface area is 236 Å². The number of ether oxygens (including phenoxy) is 5. The molecule has 5 aliphatic rings. The average Bonchev–Trinajstić information content (AvgIpc) is 3.76. The standard InChI is InChI=1S/C31H44O9/c1-14-11-31-26(38-19(6)33)15(2)12-30(31,40-31)25(34)17(4)23(39-27(35)29(9)13-16(29)3)20-21(28(20,7)8)24(36-10)22(14)37-18(5)32/h11,15-17,20-24,26H,12-13H2,1-10H3/b14-11+/t15-,16+,17+,20-,21+,22+,23-,24+,26-,29-,30-,31-/m0/s1. The molecule has 4 aliphatic carbocycles. The molecule has 0 amide bonds. The summed E-state index contributed by atoms with van der Waals surface area (Å²) in [6, 6.07) is 0. The van der Waals surface area contributed by atoms with E-state index in [9.17, 15) is 19.2 Å². The quantitative estimate of drug-likeness (QED) is 0.214. The van der Waals surface area contributed by atoms with Crippen molar-refractivity contribution in [3.8, 4) is 0 Å². The maximum Gasteiger partial charge on any atom is 0.312 e. The van der Waals surface area contributed by atoms with Gasteiger partial charge in [0.15, 0.2) is 17.0 Å². The van der Waals surface area contributed by atoms with E-state index in [4.69, 9.17) is 23.7 Å². The third-order valence-electron chi connectivity index (χ3n) is 10.9. The van der Waals surface area contributed by atoms with Gasteiger partial charge in [-0.25, -0.2) is 0 Å². The average molecular weight is 561 g/mol. The summed E-state index contributed by atoms with van der Waals surface area (Å²) in [4.78, 5) is 52.4. The van der Waals surface area contributed by atoms with Crippen molar-refractivity contribution >= 4 is 23.7 Å². The maximum absolute atomic E-state index is 14.5. The Kier molecular flexibility index (Phi) is 6.67. The number of methoxy groups -OCH3 is 1. The Morgan fingerprint density at radius 1 is 0.925 bits per heavy atom. The number of fused-ring (bicyclic) bond motifs is 1. The van der Waals surface area contributed by atoms with Gasteiger partial charge in [-0.05, 0) is 55.6 Å². The lowest BCUT2D eigenvalue weighted by Gasteiger charge is -2.30. The Morgan fingerprint density at radius 2 is 1.50 bits per heavy atom. The summed E-state index contributed by atoms with van der Waals surface area (Å²) in [5, 5.41) is 0. The van der Waals surface area contributed by atoms with Gasteiger partial charge >= 0.3 is 17.9 Å². The minimum atomic E-state index is -1.24. The molecule has 0 bridgehead atoms. The van der Waals surface area contributed by atoms with Crippen molar-refractivity contribution in [1.82, 2.24) is 0 Å². The number of rotatable bonds is 5. The van der Waals surface area contributed by atoms with E-state index < -0.39 is 58.9 Å². The number of Topliss-reactive ketones (excluding diaryl/α,β-unsaturated/α-hetero) is 1. The second kappa shape index (κ2) is 9.12. The van der Waals surface area contributed by atoms with E-state index in [-0.39, 0.29) is 40.8 Å². The van der Waals surface area contributed by atoms with Crippen LogP contribution in [0.15, 0.2) is 11.6 Å². The number of ketones is 1. The molecule has 0 aromatic heterocycles. The van der Waals surface area contributed by atoms with Crippen molar-refractivity contribution in [3.05, 3.63) is 11.6 Å². The van der Waals surface area contributed by atoms with Crippen LogP contribution < -0.4 is 0 Å². The molecule has 0 spiro atoms. The molecule has 9 heteroatoms. The van der Waals surface area contributed by atoms with Crippen LogP contribution in [0.5, 0.6) is 0 Å². The summed E-state index contributed by atoms with van der Waals surface area (Å²) in [6.45, 7) is 16.4. The molecule has 9 nitrogen and oxygen atoms in total. The number of esters is 3. The number of carbonyl (C=O) groups excluding carboxylic acids is 4. The van der Waals surface area contributed by atoms with E-state index in [1.807, 2.05) is 40.7 Å². The molecule has 40 heavy (non-hydrogen) atoms. The molecule has 12 atom stereocenters. The highest BCUT2D eigenvalue weighted by Crippen LogP contribution is 2.69. The second-order valence-electron chi connectivity index (χ2n) is 14.0. The van der Waals surface area contributed by atoms with Crippen LogP contribution in [0.4, 0.5) is 0 Å². The van der Waals surface area contributed by atoms with Gasteiger partial charge in [0.2, 0.25) is 0 Å². The minimum Gasteiger partial charge on any atom is -0.461 e. The van der Waals surface area contributed by atoms with Crippen LogP contribution in [0, 0.1) is 40.4 Å². The van der Waals surface area contributed by atoms with Gasteiger partial charge in [0.05, 0.1) is 11.3 Å². The molecule has 0 N–H and O–H groups in total. The van der Waals surface area contributed by atoms with Crippen LogP contribution in [-0.2, 0) is 42.9 Å². The van der Waals surface area contributed by atoms with Gasteiger partial charge in [-0.1, -0.05) is 34.6 Å². The lowest BCUT2D eigenvalue weighted by atomic mass is 9.80. The minimum absolute atomic E-state index is 0.156. The predicted octanol–water partition coefficient (Wildman–Crippen LogP) is 3.81. The summed E-state index contributed by atoms with van der Waals surface area (Å²) in [6.07, 6.45) is 0.158. The Morgan fingerprint density at radius 3 is 2.02 bits per heavy atom. The van der Waals surface area contributed by atoms with Gasteiger partial charge < -0.3 is 23.7 Å². The summed E-state index contributed by atoms with van der Waals surface area (Å²) in [5.74, 6) is -2.39. The van der Waals surface area contributed by atoms with E-state index in [0.29, 0.717) is 12.0 Å². The van der Waals surface area contributed by atoms with Gasteiger partial charge in [-0.2, -0.15) is 0 Å². The van der Waals surface area contributed by atoms with Gasteiger partial charge in [-0.15, -0.1) is 0 Å². The van der Waals surface area contributed by atoms with Crippen LogP contribution in [-0.4, -0.2) is 66.4 Å². The maximum atomic E-state index is 14.5. The molecule has 0 radical (unpaired) electrons. The Bertz CT molecular complexity index is 1170. The first kappa shape index (κ1) is 29.2. The van der Waals surface area contributed by atoms with E-state index >= 15 is 0 Å². The van der Waals surface area contributed by atoms with Crippen LogP contribution in [0.1, 0.15) is 75.2 Å². The zero-order valence-electron chi connectivity index (χ0n) is 25.4. The second-order valence-corrected chi connectivity index (χ2v) is 14.0. The largest absolute Gasteiger partial charge is 0.461 e. The molecule has 3 saturated carbocycles. The van der Waals surface area contributed by atoms with Crippen LogP contribution in [0.3, 0.4) is 0 Å². The van der Waals surface area contributed by atoms with Crippen molar-refractivity contribution in [2.75, 3.05) is 7.11 Å². The smallest absolute Gasteiger partial charge is 0.312 e. The molecule has 4 fully saturated rings. The first-order valence-electron chi connectivity index (χ1n) is 14.5. The van der Waals surface area contributed by atoms with Crippen LogP contribution in [0.2, 0.25) is 0 Å². The molecule has 1 aliphatic heterocycles. The topological polar surface area (TPSA) is 118 Å². The van der Waals surface area contributed by atoms with Crippen molar-refractivity contribution in [3.63, 3.8) is 0 Å². The van der Waals surface area contributed by atoms with E-state index in [1.54, 1.807) is 7.11 Å². The number of carbonyl (C=O) groups is 4. The molecule has 0 aromatic rings. The van der Waals surface area contributed by atoms with Crippen molar-refractivity contribution in [2.24, 2.45) is 40.4 Å². The fraction of sp³-hybridized carbons (Fsp3) is 0.806. The zero-order chi connectivity index (χ0) is 29.7. The highest BCUT2D eigenvalue weighted by molar-refractivity contribution is 5.96. The first-order chi connectivity index (χ1) is 18.5. The Hall–Kier alpha value is -2.26. The molecule has 0 unspecified atom stereocenters. The SMILES string of the molecule is CO[C@@H]1[C@H]2[C@@H]([C@@H](OC(=O)[C@@]3(C)C[C@H]3C)[C@@H](C)C(=O)[C@@]34C[C@H](C)[C@H](OC(C)=O)[C@]3(/C=C(\C)[C@H]1OC(C)=O)O4)C2(C)C. The summed E-state index contributed by atoms with van der Waals surface area (Å²) in [7, 11) is 1.58. The summed E-state index contributed by atoms with van der Waals surface area (Å²) < 4.78 is 30.4. The van der Waals surface area contributed by atoms with Crippen molar-refractivity contribution < 1.29 is 42.9 Å². The normalized spacial score (nSPS) is 49.6. The van der Waals surface area contributed by atoms with E-state index in [2.05, 4.69) is 13.8 Å². The highest BCUT2D eigenvalue weighted by atomic mass is 16.7. The zero-order valence-corrected chi connectivity index (χ0v) is 25.4. The van der Waals surface area contributed by atoms with Crippen LogP contribution in [0.25, 0.3) is 0 Å². The molecular weight excluding hydrogens is 516 g/mol. The molecule has 1 heterocycles. The lowest BCUT2D eigenvalue weighted by molar-refractivity contribution is -0.163. The van der Waals surface area contributed by atoms with Gasteiger partial charge in [-0.3, -0.25) is 19.2 Å². The monoisotopic (exact) mass is 560 g/mol. The van der Waals surface area contributed by atoms with Gasteiger partial charge in [0.25, 0.3) is 0 Å². The van der Waals surface area contributed by atoms with Gasteiger partial charge in [0, 0.05) is 32.8 Å². The third-order valence-corrected chi connectivity index (χ3v) is 10.9. The highest BCUT2D eigenvalue weighted by Gasteiger charge is 2.84. The fourth-order valence-electron chi connectivity index (χ4n) is 8.26. The number of hydrogen-bond acceptors (Lipinski definition) is 9. The summed E-state index contributed by atoms with van der Waals surface area (Å²) >= 11 is 0.